The number of halogens is 2. The molecule has 1 aromatic carbocycles. The Morgan fingerprint density at radius 2 is 2.03 bits per heavy atom. The molecule has 3 aromatic heterocycles. The Morgan fingerprint density at radius 1 is 1.25 bits per heavy atom. The van der Waals surface area contributed by atoms with Crippen LogP contribution in [0.25, 0.3) is 22.4 Å². The number of hydrogen-bond acceptors (Lipinski definition) is 7. The van der Waals surface area contributed by atoms with E-state index < -0.39 is 6.10 Å². The number of fused-ring (bicyclic) bond motifs is 2. The number of aromatic amines is 2. The Labute approximate surface area is 216 Å². The zero-order chi connectivity index (χ0) is 25.0. The van der Waals surface area contributed by atoms with Crippen LogP contribution in [0.1, 0.15) is 30.0 Å². The average molecular weight is 528 g/mol. The minimum atomic E-state index is -0.392. The van der Waals surface area contributed by atoms with Crippen molar-refractivity contribution in [2.45, 2.75) is 32.2 Å². The molecule has 0 spiro atoms. The summed E-state index contributed by atoms with van der Waals surface area (Å²) < 4.78 is 6.15. The van der Waals surface area contributed by atoms with E-state index in [4.69, 9.17) is 32.9 Å². The number of pyridine rings is 1. The molecule has 12 heteroatoms. The number of β-amino-alcohol motifs (C(OH)–C–C–N with tert-alkyl or cyclic N) is 1. The first-order valence-electron chi connectivity index (χ1n) is 11.6. The van der Waals surface area contributed by atoms with Gasteiger partial charge in [-0.2, -0.15) is 5.10 Å². The second-order valence-corrected chi connectivity index (χ2v) is 9.98. The molecule has 0 radical (unpaired) electrons. The first-order chi connectivity index (χ1) is 17.4. The number of aromatic nitrogens is 5. The lowest BCUT2D eigenvalue weighted by Crippen LogP contribution is -2.53. The Hall–Kier alpha value is -3.18. The van der Waals surface area contributed by atoms with Crippen molar-refractivity contribution >= 4 is 40.0 Å². The van der Waals surface area contributed by atoms with Gasteiger partial charge < -0.3 is 19.7 Å². The van der Waals surface area contributed by atoms with Crippen LogP contribution in [-0.2, 0) is 17.9 Å². The topological polar surface area (TPSA) is 123 Å². The third-order valence-electron chi connectivity index (χ3n) is 6.57. The second-order valence-electron chi connectivity index (χ2n) is 9.16. The summed E-state index contributed by atoms with van der Waals surface area (Å²) in [7, 11) is 0. The number of aliphatic hydroxyl groups excluding tert-OH is 1. The molecule has 186 valence electrons. The molecule has 1 fully saturated rings. The third kappa shape index (κ3) is 4.20. The predicted molar refractivity (Wildman–Crippen MR) is 134 cm³/mol. The van der Waals surface area contributed by atoms with E-state index in [1.165, 1.54) is 0 Å². The summed E-state index contributed by atoms with van der Waals surface area (Å²) in [5.41, 5.74) is 3.93. The van der Waals surface area contributed by atoms with Crippen molar-refractivity contribution in [3.63, 3.8) is 0 Å². The molecule has 1 atom stereocenters. The van der Waals surface area contributed by atoms with Crippen molar-refractivity contribution in [1.82, 2.24) is 34.9 Å². The van der Waals surface area contributed by atoms with E-state index in [9.17, 15) is 9.90 Å². The SMILES string of the molecule is C[C@@H](Oc1ccc2[nH]nc(-c3nc4c([nH]3)CN(C(=O)CN3CC(O)C3)C4)c2c1)c1c(Cl)cncc1Cl. The van der Waals surface area contributed by atoms with Gasteiger partial charge in [-0.3, -0.25) is 19.8 Å². The molecule has 0 aliphatic carbocycles. The standard InChI is InChI=1S/C24H23Cl2N7O3/c1-12(22-16(25)5-27-6-17(22)26)36-14-2-3-18-15(4-14)23(31-30-18)24-28-19-9-33(10-20(19)29-24)21(35)11-32-7-13(34)8-32/h2-6,12-13,34H,7-11H2,1H3,(H,28,29)(H,30,31)/t12-/m1/s1. The average Bonchev–Trinajstić information content (AvgIpc) is 3.50. The highest BCUT2D eigenvalue weighted by atomic mass is 35.5. The first kappa shape index (κ1) is 23.2. The van der Waals surface area contributed by atoms with Gasteiger partial charge >= 0.3 is 0 Å². The zero-order valence-electron chi connectivity index (χ0n) is 19.3. The largest absolute Gasteiger partial charge is 0.486 e. The van der Waals surface area contributed by atoms with Crippen molar-refractivity contribution in [3.8, 4) is 17.3 Å². The molecule has 0 saturated carbocycles. The molecule has 0 bridgehead atoms. The minimum Gasteiger partial charge on any atom is -0.486 e. The smallest absolute Gasteiger partial charge is 0.237 e. The van der Waals surface area contributed by atoms with Gasteiger partial charge in [-0.05, 0) is 25.1 Å². The number of carbonyl (C=O) groups excluding carboxylic acids is 1. The van der Waals surface area contributed by atoms with E-state index in [0.717, 1.165) is 22.3 Å². The number of hydrogen-bond donors (Lipinski definition) is 3. The third-order valence-corrected chi connectivity index (χ3v) is 7.17. The van der Waals surface area contributed by atoms with Gasteiger partial charge in [-0.25, -0.2) is 4.98 Å². The van der Waals surface area contributed by atoms with Gasteiger partial charge in [0.2, 0.25) is 5.91 Å². The monoisotopic (exact) mass is 527 g/mol. The van der Waals surface area contributed by atoms with E-state index in [2.05, 4.69) is 20.2 Å². The molecule has 6 rings (SSSR count). The maximum atomic E-state index is 12.6. The Kier molecular flexibility index (Phi) is 5.83. The van der Waals surface area contributed by atoms with Crippen LogP contribution < -0.4 is 4.74 Å². The summed E-state index contributed by atoms with van der Waals surface area (Å²) in [5.74, 6) is 1.30. The number of likely N-dealkylation sites (tertiary alicyclic amines) is 1. The van der Waals surface area contributed by atoms with Crippen LogP contribution in [-0.4, -0.2) is 71.7 Å². The number of benzene rings is 1. The normalized spacial score (nSPS) is 16.8. The van der Waals surface area contributed by atoms with Crippen LogP contribution in [0.5, 0.6) is 5.75 Å². The van der Waals surface area contributed by atoms with Crippen molar-refractivity contribution in [1.29, 1.82) is 0 Å². The summed E-state index contributed by atoms with van der Waals surface area (Å²) in [6.07, 6.45) is 2.37. The van der Waals surface area contributed by atoms with Crippen molar-refractivity contribution < 1.29 is 14.6 Å². The molecule has 4 aromatic rings. The molecule has 1 saturated heterocycles. The molecule has 2 aliphatic heterocycles. The van der Waals surface area contributed by atoms with E-state index in [1.807, 2.05) is 30.0 Å². The first-order valence-corrected chi connectivity index (χ1v) is 12.3. The molecule has 2 aliphatic rings. The fourth-order valence-corrected chi connectivity index (χ4v) is 5.38. The number of aliphatic hydroxyl groups is 1. The molecule has 10 nitrogen and oxygen atoms in total. The maximum Gasteiger partial charge on any atom is 0.237 e. The highest BCUT2D eigenvalue weighted by molar-refractivity contribution is 6.35. The summed E-state index contributed by atoms with van der Waals surface area (Å²) in [4.78, 5) is 28.4. The van der Waals surface area contributed by atoms with Gasteiger partial charge in [0.25, 0.3) is 0 Å². The number of nitrogens with one attached hydrogen (secondary N) is 2. The van der Waals surface area contributed by atoms with E-state index in [0.29, 0.717) is 65.6 Å². The molecule has 0 unspecified atom stereocenters. The van der Waals surface area contributed by atoms with Gasteiger partial charge in [0.15, 0.2) is 5.82 Å². The summed E-state index contributed by atoms with van der Waals surface area (Å²) in [6, 6.07) is 5.65. The van der Waals surface area contributed by atoms with E-state index in [1.54, 1.807) is 17.3 Å². The zero-order valence-corrected chi connectivity index (χ0v) is 20.8. The Morgan fingerprint density at radius 3 is 2.75 bits per heavy atom. The van der Waals surface area contributed by atoms with Crippen LogP contribution in [0.15, 0.2) is 30.6 Å². The number of ether oxygens (including phenoxy) is 1. The number of amides is 1. The van der Waals surface area contributed by atoms with Crippen LogP contribution in [0.2, 0.25) is 10.0 Å². The molecule has 5 heterocycles. The number of imidazole rings is 1. The van der Waals surface area contributed by atoms with Crippen molar-refractivity contribution in [3.05, 3.63) is 57.6 Å². The molecule has 36 heavy (non-hydrogen) atoms. The van der Waals surface area contributed by atoms with Crippen LogP contribution >= 0.6 is 23.2 Å². The predicted octanol–water partition coefficient (Wildman–Crippen LogP) is 3.31. The van der Waals surface area contributed by atoms with Gasteiger partial charge in [-0.15, -0.1) is 0 Å². The Bertz CT molecular complexity index is 1420. The minimum absolute atomic E-state index is 0.0328. The highest BCUT2D eigenvalue weighted by Crippen LogP contribution is 2.35. The fraction of sp³-hybridized carbons (Fsp3) is 0.333. The lowest BCUT2D eigenvalue weighted by molar-refractivity contribution is -0.135. The molecule has 3 N–H and O–H groups in total. The van der Waals surface area contributed by atoms with Crippen molar-refractivity contribution in [2.75, 3.05) is 19.6 Å². The van der Waals surface area contributed by atoms with Gasteiger partial charge in [-0.1, -0.05) is 23.2 Å². The fourth-order valence-electron chi connectivity index (χ4n) is 4.71. The van der Waals surface area contributed by atoms with Crippen LogP contribution in [0, 0.1) is 0 Å². The quantitative estimate of drug-likeness (QED) is 0.351. The van der Waals surface area contributed by atoms with E-state index >= 15 is 0 Å². The van der Waals surface area contributed by atoms with Gasteiger partial charge in [0.05, 0.1) is 52.7 Å². The highest BCUT2D eigenvalue weighted by Gasteiger charge is 2.32. The van der Waals surface area contributed by atoms with E-state index in [-0.39, 0.29) is 12.0 Å². The molecular weight excluding hydrogens is 505 g/mol. The number of carbonyl (C=O) groups is 1. The second kappa shape index (κ2) is 9.04. The number of H-pyrrole nitrogens is 2. The Balaban J connectivity index is 1.20. The van der Waals surface area contributed by atoms with Gasteiger partial charge in [0, 0.05) is 36.4 Å². The lowest BCUT2D eigenvalue weighted by atomic mass is 10.1. The molecule has 1 amide bonds. The van der Waals surface area contributed by atoms with Gasteiger partial charge in [0.1, 0.15) is 17.5 Å². The summed E-state index contributed by atoms with van der Waals surface area (Å²) in [6.45, 7) is 4.21. The summed E-state index contributed by atoms with van der Waals surface area (Å²) in [5, 5.41) is 18.7. The maximum absolute atomic E-state index is 12.6. The lowest BCUT2D eigenvalue weighted by Gasteiger charge is -2.36. The van der Waals surface area contributed by atoms with Crippen LogP contribution in [0.3, 0.4) is 0 Å². The van der Waals surface area contributed by atoms with Crippen molar-refractivity contribution in [2.24, 2.45) is 0 Å². The molecular formula is C24H23Cl2N7O3. The summed E-state index contributed by atoms with van der Waals surface area (Å²) >= 11 is 12.6. The number of rotatable bonds is 6. The van der Waals surface area contributed by atoms with Crippen LogP contribution in [0.4, 0.5) is 0 Å². The number of nitrogens with zero attached hydrogens (tertiary/aromatic N) is 5.